The fraction of sp³-hybridized carbons (Fsp3) is 0.167. The summed E-state index contributed by atoms with van der Waals surface area (Å²) in [4.78, 5) is 6.88. The highest BCUT2D eigenvalue weighted by Gasteiger charge is 2.14. The number of aliphatic imine (C=N–C) groups is 1. The number of hydrogen-bond acceptors (Lipinski definition) is 3. The van der Waals surface area contributed by atoms with E-state index < -0.39 is 0 Å². The lowest BCUT2D eigenvalue weighted by Gasteiger charge is -2.19. The van der Waals surface area contributed by atoms with Crippen molar-refractivity contribution in [1.82, 2.24) is 0 Å². The van der Waals surface area contributed by atoms with E-state index in [9.17, 15) is 0 Å². The summed E-state index contributed by atoms with van der Waals surface area (Å²) < 4.78 is 0. The quantitative estimate of drug-likeness (QED) is 0.747. The van der Waals surface area contributed by atoms with E-state index in [1.807, 2.05) is 42.5 Å². The second kappa shape index (κ2) is 7.93. The van der Waals surface area contributed by atoms with Gasteiger partial charge >= 0.3 is 0 Å². The van der Waals surface area contributed by atoms with Crippen molar-refractivity contribution in [2.24, 2.45) is 4.99 Å². The molecule has 0 atom stereocenters. The van der Waals surface area contributed by atoms with Gasteiger partial charge in [0.25, 0.3) is 0 Å². The number of rotatable bonds is 2. The predicted molar refractivity (Wildman–Crippen MR) is 108 cm³/mol. The Kier molecular flexibility index (Phi) is 6.16. The monoisotopic (exact) mass is 381 g/mol. The van der Waals surface area contributed by atoms with Crippen molar-refractivity contribution in [1.29, 1.82) is 0 Å². The molecule has 0 unspecified atom stereocenters. The van der Waals surface area contributed by atoms with Gasteiger partial charge in [-0.05, 0) is 42.0 Å². The Morgan fingerprint density at radius 2 is 1.88 bits per heavy atom. The summed E-state index contributed by atoms with van der Waals surface area (Å²) in [5.41, 5.74) is 10.8. The zero-order valence-electron chi connectivity index (χ0n) is 13.2. The molecule has 0 aromatic heterocycles. The Morgan fingerprint density at radius 3 is 2.62 bits per heavy atom. The highest BCUT2D eigenvalue weighted by Crippen LogP contribution is 2.26. The maximum atomic E-state index is 6.06. The Balaban J connectivity index is 0.00000208. The summed E-state index contributed by atoms with van der Waals surface area (Å²) in [6.45, 7) is 1.62. The molecule has 0 radical (unpaired) electrons. The maximum absolute atomic E-state index is 6.06. The van der Waals surface area contributed by atoms with Crippen LogP contribution >= 0.6 is 35.6 Å². The molecule has 2 aromatic rings. The van der Waals surface area contributed by atoms with Crippen molar-refractivity contribution in [3.63, 3.8) is 0 Å². The lowest BCUT2D eigenvalue weighted by molar-refractivity contribution is 0.897. The third-order valence-electron chi connectivity index (χ3n) is 3.80. The van der Waals surface area contributed by atoms with Crippen molar-refractivity contribution in [2.75, 3.05) is 30.8 Å². The first-order valence-corrected chi connectivity index (χ1v) is 8.09. The topological polar surface area (TPSA) is 41.6 Å². The van der Waals surface area contributed by atoms with Crippen LogP contribution in [0.2, 0.25) is 10.0 Å². The van der Waals surface area contributed by atoms with E-state index in [0.717, 1.165) is 41.3 Å². The summed E-state index contributed by atoms with van der Waals surface area (Å²) in [6.07, 6.45) is 3.98. The van der Waals surface area contributed by atoms with E-state index in [0.29, 0.717) is 10.0 Å². The van der Waals surface area contributed by atoms with E-state index in [1.165, 1.54) is 0 Å². The summed E-state index contributed by atoms with van der Waals surface area (Å²) in [7, 11) is 2.07. The number of benzodiazepines with no additional fused rings is 1. The highest BCUT2D eigenvalue weighted by atomic mass is 35.5. The van der Waals surface area contributed by atoms with Gasteiger partial charge in [0.1, 0.15) is 0 Å². The molecule has 0 saturated carbocycles. The Labute approximate surface area is 158 Å². The molecule has 24 heavy (non-hydrogen) atoms. The summed E-state index contributed by atoms with van der Waals surface area (Å²) in [5.74, 6) is 0. The Hall–Kier alpha value is -1.68. The normalized spacial score (nSPS) is 14.0. The average molecular weight is 383 g/mol. The number of nitrogens with two attached hydrogens (primary N) is 1. The van der Waals surface area contributed by atoms with Gasteiger partial charge in [0.2, 0.25) is 0 Å². The summed E-state index contributed by atoms with van der Waals surface area (Å²) in [5, 5.41) is 1.09. The van der Waals surface area contributed by atoms with Gasteiger partial charge in [0, 0.05) is 30.5 Å². The number of likely N-dealkylation sites (N-methyl/N-ethyl adjacent to an activating group) is 1. The molecule has 126 valence electrons. The number of nitrogen functional groups attached to an aromatic ring is 1. The molecule has 6 heteroatoms. The third kappa shape index (κ3) is 4.04. The molecular weight excluding hydrogens is 365 g/mol. The fourth-order valence-corrected chi connectivity index (χ4v) is 2.86. The second-order valence-corrected chi connectivity index (χ2v) is 6.29. The van der Waals surface area contributed by atoms with Crippen molar-refractivity contribution >= 4 is 58.8 Å². The van der Waals surface area contributed by atoms with Crippen molar-refractivity contribution < 1.29 is 0 Å². The SMILES string of the molecule is CN1CCN=C(/C=C/c2ccc(Cl)c(Cl)c2)c2cc(N)ccc21.Cl. The molecule has 0 bridgehead atoms. The van der Waals surface area contributed by atoms with Crippen molar-refractivity contribution in [3.8, 4) is 0 Å². The standard InChI is InChI=1S/C18H17Cl2N3.ClH/c1-23-9-8-22-17(14-11-13(21)4-7-18(14)23)6-3-12-2-5-15(19)16(20)10-12;/h2-7,10-11H,8-9,21H2,1H3;1H/b6-3+;. The van der Waals surface area contributed by atoms with Crippen LogP contribution in [0.3, 0.4) is 0 Å². The summed E-state index contributed by atoms with van der Waals surface area (Å²) in [6, 6.07) is 11.5. The van der Waals surface area contributed by atoms with Crippen molar-refractivity contribution in [3.05, 3.63) is 63.6 Å². The highest BCUT2D eigenvalue weighted by molar-refractivity contribution is 6.42. The molecule has 0 spiro atoms. The van der Waals surface area contributed by atoms with Gasteiger partial charge in [0.05, 0.1) is 22.3 Å². The average Bonchev–Trinajstić information content (AvgIpc) is 2.67. The molecule has 0 aliphatic carbocycles. The molecule has 3 rings (SSSR count). The molecule has 2 N–H and O–H groups in total. The molecule has 0 amide bonds. The predicted octanol–water partition coefficient (Wildman–Crippen LogP) is 4.95. The molecule has 1 aliphatic heterocycles. The molecule has 0 saturated heterocycles. The zero-order chi connectivity index (χ0) is 16.4. The van der Waals surface area contributed by atoms with Crippen LogP contribution in [0.25, 0.3) is 6.08 Å². The van der Waals surface area contributed by atoms with E-state index in [1.54, 1.807) is 6.07 Å². The fourth-order valence-electron chi connectivity index (χ4n) is 2.55. The first kappa shape index (κ1) is 18.7. The largest absolute Gasteiger partial charge is 0.399 e. The van der Waals surface area contributed by atoms with Crippen LogP contribution < -0.4 is 10.6 Å². The van der Waals surface area contributed by atoms with E-state index in [-0.39, 0.29) is 12.4 Å². The number of anilines is 2. The van der Waals surface area contributed by atoms with E-state index in [4.69, 9.17) is 28.9 Å². The van der Waals surface area contributed by atoms with Gasteiger partial charge in [-0.15, -0.1) is 12.4 Å². The number of benzene rings is 2. The smallest absolute Gasteiger partial charge is 0.0669 e. The minimum Gasteiger partial charge on any atom is -0.399 e. The number of hydrogen-bond donors (Lipinski definition) is 1. The van der Waals surface area contributed by atoms with Crippen LogP contribution in [-0.2, 0) is 0 Å². The molecule has 3 nitrogen and oxygen atoms in total. The number of allylic oxidation sites excluding steroid dienone is 1. The van der Waals surface area contributed by atoms with Gasteiger partial charge in [-0.25, -0.2) is 0 Å². The first-order valence-electron chi connectivity index (χ1n) is 7.33. The van der Waals surface area contributed by atoms with Gasteiger partial charge in [-0.3, -0.25) is 4.99 Å². The van der Waals surface area contributed by atoms with Crippen LogP contribution in [-0.4, -0.2) is 25.8 Å². The Morgan fingerprint density at radius 1 is 1.08 bits per heavy atom. The van der Waals surface area contributed by atoms with Crippen molar-refractivity contribution in [2.45, 2.75) is 0 Å². The molecule has 1 heterocycles. The lowest BCUT2D eigenvalue weighted by Crippen LogP contribution is -2.20. The van der Waals surface area contributed by atoms with Gasteiger partial charge < -0.3 is 10.6 Å². The Bertz CT molecular complexity index is 800. The number of halogens is 3. The van der Waals surface area contributed by atoms with Crippen LogP contribution in [0.1, 0.15) is 11.1 Å². The second-order valence-electron chi connectivity index (χ2n) is 5.47. The zero-order valence-corrected chi connectivity index (χ0v) is 15.5. The minimum atomic E-state index is 0. The van der Waals surface area contributed by atoms with Crippen LogP contribution in [0.5, 0.6) is 0 Å². The van der Waals surface area contributed by atoms with E-state index >= 15 is 0 Å². The van der Waals surface area contributed by atoms with Gasteiger partial charge in [0.15, 0.2) is 0 Å². The minimum absolute atomic E-state index is 0. The van der Waals surface area contributed by atoms with Gasteiger partial charge in [-0.2, -0.15) is 0 Å². The lowest BCUT2D eigenvalue weighted by atomic mass is 10.0. The first-order chi connectivity index (χ1) is 11.0. The maximum Gasteiger partial charge on any atom is 0.0669 e. The van der Waals surface area contributed by atoms with E-state index in [2.05, 4.69) is 16.9 Å². The third-order valence-corrected chi connectivity index (χ3v) is 4.54. The van der Waals surface area contributed by atoms with Crippen LogP contribution in [0, 0.1) is 0 Å². The number of nitrogens with zero attached hydrogens (tertiary/aromatic N) is 2. The molecular formula is C18H18Cl3N3. The molecule has 1 aliphatic rings. The number of fused-ring (bicyclic) bond motifs is 1. The summed E-state index contributed by atoms with van der Waals surface area (Å²) >= 11 is 12.0. The van der Waals surface area contributed by atoms with Crippen LogP contribution in [0.15, 0.2) is 47.5 Å². The van der Waals surface area contributed by atoms with Crippen LogP contribution in [0.4, 0.5) is 11.4 Å². The molecule has 0 fully saturated rings. The van der Waals surface area contributed by atoms with Gasteiger partial charge in [-0.1, -0.05) is 35.3 Å². The molecule has 2 aromatic carbocycles.